The number of ether oxygens (including phenoxy) is 1. The molecule has 0 aromatic heterocycles. The van der Waals surface area contributed by atoms with Crippen LogP contribution in [0.1, 0.15) is 29.7 Å². The lowest BCUT2D eigenvalue weighted by atomic mass is 10.0. The van der Waals surface area contributed by atoms with Crippen molar-refractivity contribution in [3.05, 3.63) is 102 Å². The fraction of sp³-hybridized carbons (Fsp3) is 0.250. The van der Waals surface area contributed by atoms with E-state index in [1.54, 1.807) is 0 Å². The third-order valence-corrected chi connectivity index (χ3v) is 4.56. The summed E-state index contributed by atoms with van der Waals surface area (Å²) >= 11 is 0. The third kappa shape index (κ3) is 5.95. The van der Waals surface area contributed by atoms with E-state index in [1.807, 2.05) is 60.7 Å². The van der Waals surface area contributed by atoms with Gasteiger partial charge in [-0.3, -0.25) is 0 Å². The fourth-order valence-electron chi connectivity index (χ4n) is 3.09. The van der Waals surface area contributed by atoms with Gasteiger partial charge in [0, 0.05) is 12.6 Å². The normalized spacial score (nSPS) is 13.1. The highest BCUT2D eigenvalue weighted by Gasteiger charge is 2.09. The summed E-state index contributed by atoms with van der Waals surface area (Å²) < 4.78 is 5.80. The summed E-state index contributed by atoms with van der Waals surface area (Å²) in [7, 11) is 0. The Bertz CT molecular complexity index is 788. The van der Waals surface area contributed by atoms with Gasteiger partial charge >= 0.3 is 0 Å². The number of aliphatic hydroxyl groups is 1. The van der Waals surface area contributed by atoms with Crippen LogP contribution in [-0.4, -0.2) is 24.3 Å². The first-order valence-electron chi connectivity index (χ1n) is 9.45. The molecule has 0 amide bonds. The van der Waals surface area contributed by atoms with Crippen molar-refractivity contribution in [1.82, 2.24) is 5.32 Å². The molecule has 2 atom stereocenters. The van der Waals surface area contributed by atoms with E-state index in [9.17, 15) is 5.11 Å². The number of rotatable bonds is 9. The number of benzene rings is 3. The predicted octanol–water partition coefficient (Wildman–Crippen LogP) is 4.37. The van der Waals surface area contributed by atoms with Crippen molar-refractivity contribution in [3.8, 4) is 5.75 Å². The van der Waals surface area contributed by atoms with E-state index in [4.69, 9.17) is 4.74 Å². The average molecular weight is 361 g/mol. The van der Waals surface area contributed by atoms with Crippen molar-refractivity contribution < 1.29 is 9.84 Å². The van der Waals surface area contributed by atoms with Gasteiger partial charge in [0.05, 0.1) is 0 Å². The summed E-state index contributed by atoms with van der Waals surface area (Å²) in [5.41, 5.74) is 3.09. The minimum atomic E-state index is -0.610. The highest BCUT2D eigenvalue weighted by atomic mass is 16.5. The van der Waals surface area contributed by atoms with Crippen LogP contribution in [-0.2, 0) is 6.42 Å². The van der Waals surface area contributed by atoms with Gasteiger partial charge in [-0.25, -0.2) is 0 Å². The minimum absolute atomic E-state index is 0.402. The average Bonchev–Trinajstić information content (AvgIpc) is 2.72. The smallest absolute Gasteiger partial charge is 0.119 e. The lowest BCUT2D eigenvalue weighted by Crippen LogP contribution is -2.31. The second-order valence-electron chi connectivity index (χ2n) is 6.78. The molecule has 0 spiro atoms. The summed E-state index contributed by atoms with van der Waals surface area (Å²) in [5, 5.41) is 13.9. The monoisotopic (exact) mass is 361 g/mol. The summed E-state index contributed by atoms with van der Waals surface area (Å²) in [4.78, 5) is 0. The van der Waals surface area contributed by atoms with Gasteiger partial charge in [-0.05, 0) is 42.2 Å². The molecule has 0 fully saturated rings. The molecule has 3 aromatic carbocycles. The van der Waals surface area contributed by atoms with Crippen molar-refractivity contribution in [2.75, 3.05) is 13.2 Å². The second kappa shape index (κ2) is 9.91. The molecule has 27 heavy (non-hydrogen) atoms. The van der Waals surface area contributed by atoms with E-state index in [1.165, 1.54) is 5.56 Å². The molecule has 0 heterocycles. The van der Waals surface area contributed by atoms with Crippen LogP contribution in [0.15, 0.2) is 84.9 Å². The molecule has 0 radical (unpaired) electrons. The Hall–Kier alpha value is -2.62. The van der Waals surface area contributed by atoms with Crippen LogP contribution in [0.3, 0.4) is 0 Å². The lowest BCUT2D eigenvalue weighted by molar-refractivity contribution is 0.220. The molecule has 0 aliphatic heterocycles. The first-order chi connectivity index (χ1) is 13.2. The van der Waals surface area contributed by atoms with E-state index in [0.29, 0.717) is 12.6 Å². The molecule has 140 valence electrons. The molecule has 3 rings (SSSR count). The highest BCUT2D eigenvalue weighted by Crippen LogP contribution is 2.23. The molecule has 2 N–H and O–H groups in total. The molecule has 0 saturated heterocycles. The van der Waals surface area contributed by atoms with E-state index in [0.717, 1.165) is 29.8 Å². The van der Waals surface area contributed by atoms with E-state index >= 15 is 0 Å². The standard InChI is InChI=1S/C24H27NO2/c1-19(18-20-8-4-2-5-9-20)25-16-17-27-23-14-12-22(13-15-23)24(26)21-10-6-3-7-11-21/h2-15,19,24-26H,16-18H2,1H3. The first-order valence-corrected chi connectivity index (χ1v) is 9.45. The minimum Gasteiger partial charge on any atom is -0.492 e. The van der Waals surface area contributed by atoms with Crippen LogP contribution in [0.2, 0.25) is 0 Å². The Morgan fingerprint density at radius 2 is 1.41 bits per heavy atom. The van der Waals surface area contributed by atoms with Gasteiger partial charge in [0.25, 0.3) is 0 Å². The molecular weight excluding hydrogens is 334 g/mol. The summed E-state index contributed by atoms with van der Waals surface area (Å²) in [6.45, 7) is 3.59. The zero-order chi connectivity index (χ0) is 18.9. The largest absolute Gasteiger partial charge is 0.492 e. The van der Waals surface area contributed by atoms with Crippen LogP contribution in [0.4, 0.5) is 0 Å². The molecule has 3 nitrogen and oxygen atoms in total. The summed E-state index contributed by atoms with van der Waals surface area (Å²) in [5.74, 6) is 0.816. The fourth-order valence-corrected chi connectivity index (χ4v) is 3.09. The molecule has 0 saturated carbocycles. The maximum Gasteiger partial charge on any atom is 0.119 e. The van der Waals surface area contributed by atoms with Crippen molar-refractivity contribution >= 4 is 0 Å². The zero-order valence-electron chi connectivity index (χ0n) is 15.7. The molecule has 0 aliphatic carbocycles. The SMILES string of the molecule is CC(Cc1ccccc1)NCCOc1ccc(C(O)c2ccccc2)cc1. The predicted molar refractivity (Wildman–Crippen MR) is 110 cm³/mol. The Labute approximate surface area is 161 Å². The topological polar surface area (TPSA) is 41.5 Å². The van der Waals surface area contributed by atoms with E-state index in [-0.39, 0.29) is 0 Å². The van der Waals surface area contributed by atoms with Crippen molar-refractivity contribution in [1.29, 1.82) is 0 Å². The first kappa shape index (κ1) is 19.2. The van der Waals surface area contributed by atoms with Gasteiger partial charge in [0.15, 0.2) is 0 Å². The summed E-state index contributed by atoms with van der Waals surface area (Å²) in [6, 6.07) is 28.2. The van der Waals surface area contributed by atoms with Gasteiger partial charge in [0.2, 0.25) is 0 Å². The van der Waals surface area contributed by atoms with Crippen LogP contribution in [0, 0.1) is 0 Å². The van der Waals surface area contributed by atoms with Gasteiger partial charge in [-0.15, -0.1) is 0 Å². The van der Waals surface area contributed by atoms with Crippen LogP contribution in [0.5, 0.6) is 5.75 Å². The molecule has 0 bridgehead atoms. The third-order valence-electron chi connectivity index (χ3n) is 4.56. The Balaban J connectivity index is 1.41. The van der Waals surface area contributed by atoms with Gasteiger partial charge < -0.3 is 15.2 Å². The van der Waals surface area contributed by atoms with Crippen molar-refractivity contribution in [3.63, 3.8) is 0 Å². The molecular formula is C24H27NO2. The number of hydrogen-bond donors (Lipinski definition) is 2. The van der Waals surface area contributed by atoms with Crippen molar-refractivity contribution in [2.45, 2.75) is 25.5 Å². The van der Waals surface area contributed by atoms with Crippen LogP contribution < -0.4 is 10.1 Å². The van der Waals surface area contributed by atoms with Crippen LogP contribution in [0.25, 0.3) is 0 Å². The van der Waals surface area contributed by atoms with Gasteiger partial charge in [-0.1, -0.05) is 72.8 Å². The van der Waals surface area contributed by atoms with Gasteiger partial charge in [-0.2, -0.15) is 0 Å². The van der Waals surface area contributed by atoms with Crippen molar-refractivity contribution in [2.24, 2.45) is 0 Å². The maximum absolute atomic E-state index is 10.4. The lowest BCUT2D eigenvalue weighted by Gasteiger charge is -2.15. The molecule has 3 aromatic rings. The van der Waals surface area contributed by atoms with Crippen LogP contribution >= 0.6 is 0 Å². The molecule has 2 unspecified atom stereocenters. The Kier molecular flexibility index (Phi) is 7.03. The van der Waals surface area contributed by atoms with Gasteiger partial charge in [0.1, 0.15) is 18.5 Å². The van der Waals surface area contributed by atoms with E-state index in [2.05, 4.69) is 36.5 Å². The number of aliphatic hydroxyl groups excluding tert-OH is 1. The Morgan fingerprint density at radius 3 is 2.07 bits per heavy atom. The highest BCUT2D eigenvalue weighted by molar-refractivity contribution is 5.34. The summed E-state index contributed by atoms with van der Waals surface area (Å²) in [6.07, 6.45) is 0.396. The Morgan fingerprint density at radius 1 is 0.815 bits per heavy atom. The maximum atomic E-state index is 10.4. The molecule has 0 aliphatic rings. The quantitative estimate of drug-likeness (QED) is 0.556. The van der Waals surface area contributed by atoms with E-state index < -0.39 is 6.10 Å². The second-order valence-corrected chi connectivity index (χ2v) is 6.78. The number of hydrogen-bond acceptors (Lipinski definition) is 3. The molecule has 3 heteroatoms. The number of nitrogens with one attached hydrogen (secondary N) is 1. The zero-order valence-corrected chi connectivity index (χ0v) is 15.7.